The van der Waals surface area contributed by atoms with Crippen molar-refractivity contribution in [1.82, 2.24) is 5.32 Å². The highest BCUT2D eigenvalue weighted by molar-refractivity contribution is 5.47. The maximum absolute atomic E-state index is 6.70. The predicted octanol–water partition coefficient (Wildman–Crippen LogP) is 6.51. The summed E-state index contributed by atoms with van der Waals surface area (Å²) in [5.74, 6) is 0. The zero-order valence-electron chi connectivity index (χ0n) is 17.5. The molecule has 3 aromatic rings. The van der Waals surface area contributed by atoms with Gasteiger partial charge in [-0.1, -0.05) is 124 Å². The molecule has 0 radical (unpaired) electrons. The van der Waals surface area contributed by atoms with Crippen molar-refractivity contribution in [2.45, 2.75) is 44.6 Å². The third-order valence-electron chi connectivity index (χ3n) is 5.39. The zero-order valence-corrected chi connectivity index (χ0v) is 17.5. The Morgan fingerprint density at radius 1 is 0.621 bits per heavy atom. The minimum atomic E-state index is -0.640. The molecule has 2 nitrogen and oxygen atoms in total. The van der Waals surface area contributed by atoms with Crippen molar-refractivity contribution >= 4 is 0 Å². The van der Waals surface area contributed by atoms with Crippen molar-refractivity contribution in [2.24, 2.45) is 0 Å². The van der Waals surface area contributed by atoms with Crippen molar-refractivity contribution in [2.75, 3.05) is 13.3 Å². The summed E-state index contributed by atoms with van der Waals surface area (Å²) in [6, 6.07) is 31.6. The smallest absolute Gasteiger partial charge is 0.145 e. The lowest BCUT2D eigenvalue weighted by atomic mass is 9.80. The van der Waals surface area contributed by atoms with Crippen LogP contribution in [0.2, 0.25) is 0 Å². The Kier molecular flexibility index (Phi) is 8.48. The summed E-state index contributed by atoms with van der Waals surface area (Å²) in [5, 5.41) is 3.50. The molecule has 1 N–H and O–H groups in total. The monoisotopic (exact) mass is 387 g/mol. The molecule has 0 amide bonds. The van der Waals surface area contributed by atoms with Gasteiger partial charge in [-0.25, -0.2) is 0 Å². The number of unbranched alkanes of at least 4 members (excludes halogenated alkanes) is 4. The second-order valence-corrected chi connectivity index (χ2v) is 7.48. The molecule has 3 rings (SSSR count). The Bertz CT molecular complexity index is 705. The lowest BCUT2D eigenvalue weighted by molar-refractivity contribution is 0.00163. The summed E-state index contributed by atoms with van der Waals surface area (Å²) in [6.07, 6.45) is 6.40. The van der Waals surface area contributed by atoms with Gasteiger partial charge < -0.3 is 4.74 Å². The first-order chi connectivity index (χ1) is 14.4. The van der Waals surface area contributed by atoms with Gasteiger partial charge in [0.25, 0.3) is 0 Å². The number of hydrogen-bond acceptors (Lipinski definition) is 2. The second kappa shape index (κ2) is 11.5. The molecule has 0 saturated carbocycles. The quantitative estimate of drug-likeness (QED) is 0.217. The van der Waals surface area contributed by atoms with Gasteiger partial charge in [-0.15, -0.1) is 0 Å². The van der Waals surface area contributed by atoms with E-state index >= 15 is 0 Å². The maximum atomic E-state index is 6.70. The summed E-state index contributed by atoms with van der Waals surface area (Å²) in [5.41, 5.74) is 2.78. The molecule has 0 heterocycles. The van der Waals surface area contributed by atoms with E-state index in [9.17, 15) is 0 Å². The van der Waals surface area contributed by atoms with Gasteiger partial charge in [-0.05, 0) is 29.7 Å². The largest absolute Gasteiger partial charge is 0.346 e. The molecule has 0 bridgehead atoms. The Hall–Kier alpha value is -2.42. The molecule has 0 spiro atoms. The predicted molar refractivity (Wildman–Crippen MR) is 122 cm³/mol. The molecular formula is C27H33NO. The molecule has 152 valence electrons. The van der Waals surface area contributed by atoms with Crippen LogP contribution >= 0.6 is 0 Å². The van der Waals surface area contributed by atoms with Crippen LogP contribution in [-0.2, 0) is 10.3 Å². The van der Waals surface area contributed by atoms with E-state index in [-0.39, 0.29) is 0 Å². The van der Waals surface area contributed by atoms with E-state index in [1.165, 1.54) is 32.1 Å². The highest BCUT2D eigenvalue weighted by Crippen LogP contribution is 2.40. The summed E-state index contributed by atoms with van der Waals surface area (Å²) in [4.78, 5) is 0. The highest BCUT2D eigenvalue weighted by atomic mass is 16.5. The molecule has 0 aliphatic rings. The van der Waals surface area contributed by atoms with Crippen LogP contribution in [-0.4, -0.2) is 13.3 Å². The maximum Gasteiger partial charge on any atom is 0.145 e. The number of rotatable bonds is 12. The minimum absolute atomic E-state index is 0.506. The first-order valence-electron chi connectivity index (χ1n) is 10.9. The molecule has 0 aromatic heterocycles. The van der Waals surface area contributed by atoms with E-state index in [1.807, 2.05) is 0 Å². The Labute approximate surface area is 175 Å². The normalized spacial score (nSPS) is 11.5. The summed E-state index contributed by atoms with van der Waals surface area (Å²) in [7, 11) is 0. The Morgan fingerprint density at radius 2 is 1.07 bits per heavy atom. The fraction of sp³-hybridized carbons (Fsp3) is 0.333. The van der Waals surface area contributed by atoms with Gasteiger partial charge in [0, 0.05) is 0 Å². The molecule has 0 aliphatic carbocycles. The Balaban J connectivity index is 1.83. The molecular weight excluding hydrogens is 354 g/mol. The average molecular weight is 388 g/mol. The van der Waals surface area contributed by atoms with Crippen LogP contribution in [0.1, 0.15) is 55.7 Å². The number of benzene rings is 3. The molecule has 0 saturated heterocycles. The number of ether oxygens (including phenoxy) is 1. The van der Waals surface area contributed by atoms with Gasteiger partial charge in [-0.3, -0.25) is 5.32 Å². The van der Waals surface area contributed by atoms with Crippen LogP contribution in [0.5, 0.6) is 0 Å². The fourth-order valence-corrected chi connectivity index (χ4v) is 3.85. The van der Waals surface area contributed by atoms with Crippen molar-refractivity contribution in [3.05, 3.63) is 108 Å². The van der Waals surface area contributed by atoms with Crippen LogP contribution < -0.4 is 5.32 Å². The average Bonchev–Trinajstić information content (AvgIpc) is 2.80. The van der Waals surface area contributed by atoms with E-state index in [1.54, 1.807) is 0 Å². The van der Waals surface area contributed by atoms with Crippen molar-refractivity contribution in [3.63, 3.8) is 0 Å². The van der Waals surface area contributed by atoms with Crippen LogP contribution in [0.25, 0.3) is 0 Å². The molecule has 3 aromatic carbocycles. The minimum Gasteiger partial charge on any atom is -0.346 e. The third-order valence-corrected chi connectivity index (χ3v) is 5.39. The number of nitrogens with one attached hydrogen (secondary N) is 1. The van der Waals surface area contributed by atoms with E-state index in [4.69, 9.17) is 4.74 Å². The van der Waals surface area contributed by atoms with E-state index < -0.39 is 5.60 Å². The summed E-state index contributed by atoms with van der Waals surface area (Å²) in [6.45, 7) is 3.74. The zero-order chi connectivity index (χ0) is 20.2. The standard InChI is InChI=1S/C27H33NO/c1-2-3-4-5-15-22-28-23-29-27(24-16-9-6-10-17-24,25-18-11-7-12-19-25)26-20-13-8-14-21-26/h6-14,16-21,28H,2-5,15,22-23H2,1H3. The van der Waals surface area contributed by atoms with Gasteiger partial charge >= 0.3 is 0 Å². The molecule has 2 heteroatoms. The molecule has 0 atom stereocenters. The van der Waals surface area contributed by atoms with Gasteiger partial charge in [0.1, 0.15) is 5.60 Å². The van der Waals surface area contributed by atoms with Crippen molar-refractivity contribution in [1.29, 1.82) is 0 Å². The topological polar surface area (TPSA) is 21.3 Å². The molecule has 0 aliphatic heterocycles. The highest BCUT2D eigenvalue weighted by Gasteiger charge is 2.37. The van der Waals surface area contributed by atoms with Gasteiger partial charge in [-0.2, -0.15) is 0 Å². The van der Waals surface area contributed by atoms with E-state index in [2.05, 4.69) is 103 Å². The third kappa shape index (κ3) is 5.56. The second-order valence-electron chi connectivity index (χ2n) is 7.48. The van der Waals surface area contributed by atoms with Gasteiger partial charge in [0.05, 0.1) is 6.73 Å². The van der Waals surface area contributed by atoms with Crippen LogP contribution in [0.3, 0.4) is 0 Å². The number of hydrogen-bond donors (Lipinski definition) is 1. The van der Waals surface area contributed by atoms with E-state index in [0.717, 1.165) is 23.2 Å². The van der Waals surface area contributed by atoms with Crippen molar-refractivity contribution < 1.29 is 4.74 Å². The Morgan fingerprint density at radius 3 is 1.52 bits per heavy atom. The lowest BCUT2D eigenvalue weighted by Crippen LogP contribution is -2.36. The molecule has 0 unspecified atom stereocenters. The van der Waals surface area contributed by atoms with Gasteiger partial charge in [0.2, 0.25) is 0 Å². The van der Waals surface area contributed by atoms with Gasteiger partial charge in [0.15, 0.2) is 0 Å². The van der Waals surface area contributed by atoms with E-state index in [0.29, 0.717) is 6.73 Å². The first kappa shape index (κ1) is 21.3. The SMILES string of the molecule is CCCCCCCNCOC(c1ccccc1)(c1ccccc1)c1ccccc1. The van der Waals surface area contributed by atoms with Crippen molar-refractivity contribution in [3.8, 4) is 0 Å². The summed E-state index contributed by atoms with van der Waals surface area (Å²) >= 11 is 0. The van der Waals surface area contributed by atoms with Crippen LogP contribution in [0.15, 0.2) is 91.0 Å². The summed E-state index contributed by atoms with van der Waals surface area (Å²) < 4.78 is 6.70. The lowest BCUT2D eigenvalue weighted by Gasteiger charge is -2.36. The molecule has 29 heavy (non-hydrogen) atoms. The van der Waals surface area contributed by atoms with Crippen LogP contribution in [0, 0.1) is 0 Å². The fourth-order valence-electron chi connectivity index (χ4n) is 3.85. The molecule has 0 fully saturated rings. The van der Waals surface area contributed by atoms with Crippen LogP contribution in [0.4, 0.5) is 0 Å². The first-order valence-corrected chi connectivity index (χ1v) is 10.9.